The maximum atomic E-state index is 11.7. The van der Waals surface area contributed by atoms with Crippen molar-refractivity contribution in [2.24, 2.45) is 5.92 Å². The molecule has 7 heteroatoms. The molecule has 0 aromatic carbocycles. The van der Waals surface area contributed by atoms with E-state index in [1.54, 1.807) is 4.90 Å². The van der Waals surface area contributed by atoms with Crippen LogP contribution in [0, 0.1) is 5.92 Å². The van der Waals surface area contributed by atoms with E-state index in [1.165, 1.54) is 0 Å². The van der Waals surface area contributed by atoms with Crippen LogP contribution in [0.2, 0.25) is 0 Å². The van der Waals surface area contributed by atoms with Gasteiger partial charge in [-0.3, -0.25) is 9.59 Å². The van der Waals surface area contributed by atoms with E-state index in [0.717, 1.165) is 12.8 Å². The van der Waals surface area contributed by atoms with Gasteiger partial charge in [-0.1, -0.05) is 0 Å². The maximum absolute atomic E-state index is 11.7. The molecule has 100 valence electrons. The summed E-state index contributed by atoms with van der Waals surface area (Å²) in [5.41, 5.74) is 0. The Morgan fingerprint density at radius 3 is 2.67 bits per heavy atom. The predicted octanol–water partition coefficient (Wildman–Crippen LogP) is -1.44. The number of hydrogen-bond acceptors (Lipinski definition) is 4. The van der Waals surface area contributed by atoms with Crippen molar-refractivity contribution in [2.75, 3.05) is 13.1 Å². The molecule has 7 nitrogen and oxygen atoms in total. The zero-order chi connectivity index (χ0) is 13.3. The summed E-state index contributed by atoms with van der Waals surface area (Å²) in [6.45, 7) is 0.0702. The first-order valence-corrected chi connectivity index (χ1v) is 5.97. The summed E-state index contributed by atoms with van der Waals surface area (Å²) in [5, 5.41) is 19.8. The Balaban J connectivity index is 1.79. The Morgan fingerprint density at radius 2 is 2.11 bits per heavy atom. The highest BCUT2D eigenvalue weighted by Gasteiger charge is 2.41. The highest BCUT2D eigenvalue weighted by atomic mass is 16.4. The van der Waals surface area contributed by atoms with Crippen LogP contribution in [-0.4, -0.2) is 58.1 Å². The summed E-state index contributed by atoms with van der Waals surface area (Å²) < 4.78 is 0. The molecule has 3 N–H and O–H groups in total. The number of nitrogens with one attached hydrogen (secondary N) is 1. The average molecular weight is 256 g/mol. The van der Waals surface area contributed by atoms with Gasteiger partial charge in [0.15, 0.2) is 6.10 Å². The van der Waals surface area contributed by atoms with Crippen LogP contribution in [0.5, 0.6) is 0 Å². The van der Waals surface area contributed by atoms with Gasteiger partial charge < -0.3 is 20.4 Å². The second kappa shape index (κ2) is 4.93. The van der Waals surface area contributed by atoms with Crippen LogP contribution >= 0.6 is 0 Å². The summed E-state index contributed by atoms with van der Waals surface area (Å²) in [4.78, 5) is 35.4. The molecule has 2 rings (SSSR count). The van der Waals surface area contributed by atoms with E-state index in [-0.39, 0.29) is 24.8 Å². The number of carbonyl (C=O) groups is 3. The quantitative estimate of drug-likeness (QED) is 0.558. The number of carbonyl (C=O) groups excluding carboxylic acids is 2. The normalized spacial score (nSPS) is 25.1. The van der Waals surface area contributed by atoms with Crippen LogP contribution in [0.3, 0.4) is 0 Å². The standard InChI is InChI=1S/C11H16N2O5/c14-8(11(17)18)4-12-10(16)6-3-9(15)13(5-6)7-1-2-7/h6-8,14H,1-5H2,(H,12,16)(H,17,18). The van der Waals surface area contributed by atoms with E-state index in [0.29, 0.717) is 12.6 Å². The van der Waals surface area contributed by atoms with Crippen molar-refractivity contribution in [1.29, 1.82) is 0 Å². The molecule has 0 aromatic rings. The Kier molecular flexibility index (Phi) is 3.51. The van der Waals surface area contributed by atoms with Crippen molar-refractivity contribution in [3.8, 4) is 0 Å². The molecule has 2 atom stereocenters. The van der Waals surface area contributed by atoms with E-state index in [4.69, 9.17) is 10.2 Å². The van der Waals surface area contributed by atoms with E-state index in [1.807, 2.05) is 0 Å². The molecule has 1 heterocycles. The second-order valence-corrected chi connectivity index (χ2v) is 4.78. The molecule has 18 heavy (non-hydrogen) atoms. The Bertz CT molecular complexity index is 380. The summed E-state index contributed by atoms with van der Waals surface area (Å²) in [7, 11) is 0. The fourth-order valence-electron chi connectivity index (χ4n) is 2.08. The van der Waals surface area contributed by atoms with E-state index in [9.17, 15) is 14.4 Å². The first kappa shape index (κ1) is 12.8. The van der Waals surface area contributed by atoms with Crippen molar-refractivity contribution in [3.05, 3.63) is 0 Å². The van der Waals surface area contributed by atoms with Gasteiger partial charge in [0.1, 0.15) is 0 Å². The van der Waals surface area contributed by atoms with Crippen LogP contribution in [0.15, 0.2) is 0 Å². The van der Waals surface area contributed by atoms with E-state index in [2.05, 4.69) is 5.32 Å². The molecule has 0 radical (unpaired) electrons. The largest absolute Gasteiger partial charge is 0.479 e. The van der Waals surface area contributed by atoms with Crippen LogP contribution in [0.1, 0.15) is 19.3 Å². The van der Waals surface area contributed by atoms with Crippen LogP contribution in [0.4, 0.5) is 0 Å². The minimum Gasteiger partial charge on any atom is -0.479 e. The SMILES string of the molecule is O=C(O)C(O)CNC(=O)C1CC(=O)N(C2CC2)C1. The van der Waals surface area contributed by atoms with Gasteiger partial charge in [0.2, 0.25) is 11.8 Å². The Labute approximate surface area is 104 Å². The van der Waals surface area contributed by atoms with Crippen LogP contribution in [0.25, 0.3) is 0 Å². The molecule has 2 unspecified atom stereocenters. The lowest BCUT2D eigenvalue weighted by Gasteiger charge is -2.15. The number of nitrogens with zero attached hydrogens (tertiary/aromatic N) is 1. The molecule has 0 bridgehead atoms. The highest BCUT2D eigenvalue weighted by molar-refractivity contribution is 5.89. The molecule has 1 saturated heterocycles. The van der Waals surface area contributed by atoms with E-state index < -0.39 is 18.0 Å². The molecule has 1 aliphatic carbocycles. The zero-order valence-electron chi connectivity index (χ0n) is 9.83. The first-order valence-electron chi connectivity index (χ1n) is 5.97. The van der Waals surface area contributed by atoms with Crippen molar-refractivity contribution in [2.45, 2.75) is 31.4 Å². The van der Waals surface area contributed by atoms with Crippen molar-refractivity contribution in [3.63, 3.8) is 0 Å². The third kappa shape index (κ3) is 2.79. The van der Waals surface area contributed by atoms with Gasteiger partial charge in [-0.15, -0.1) is 0 Å². The minimum absolute atomic E-state index is 0.0172. The van der Waals surface area contributed by atoms with Gasteiger partial charge in [-0.2, -0.15) is 0 Å². The molecule has 1 aliphatic heterocycles. The zero-order valence-corrected chi connectivity index (χ0v) is 9.83. The smallest absolute Gasteiger partial charge is 0.334 e. The van der Waals surface area contributed by atoms with Gasteiger partial charge in [0.25, 0.3) is 0 Å². The summed E-state index contributed by atoms with van der Waals surface area (Å²) in [6, 6.07) is 0.292. The third-order valence-corrected chi connectivity index (χ3v) is 3.27. The second-order valence-electron chi connectivity index (χ2n) is 4.78. The summed E-state index contributed by atoms with van der Waals surface area (Å²) >= 11 is 0. The van der Waals surface area contributed by atoms with Crippen LogP contribution < -0.4 is 5.32 Å². The Morgan fingerprint density at radius 1 is 1.44 bits per heavy atom. The topological polar surface area (TPSA) is 107 Å². The number of amides is 2. The number of carboxylic acids is 1. The minimum atomic E-state index is -1.61. The number of likely N-dealkylation sites (tertiary alicyclic amines) is 1. The summed E-state index contributed by atoms with van der Waals surface area (Å²) in [5.74, 6) is -2.19. The number of carboxylic acid groups (broad SMARTS) is 1. The van der Waals surface area contributed by atoms with Crippen molar-refractivity contribution < 1.29 is 24.6 Å². The maximum Gasteiger partial charge on any atom is 0.334 e. The molecule has 2 fully saturated rings. The number of aliphatic hydroxyl groups is 1. The number of rotatable bonds is 5. The van der Waals surface area contributed by atoms with Gasteiger partial charge in [-0.05, 0) is 12.8 Å². The predicted molar refractivity (Wildman–Crippen MR) is 59.5 cm³/mol. The van der Waals surface area contributed by atoms with Crippen molar-refractivity contribution >= 4 is 17.8 Å². The Hall–Kier alpha value is -1.63. The molecule has 0 aromatic heterocycles. The number of aliphatic hydroxyl groups excluding tert-OH is 1. The van der Waals surface area contributed by atoms with Gasteiger partial charge in [0.05, 0.1) is 12.5 Å². The van der Waals surface area contributed by atoms with Crippen molar-refractivity contribution in [1.82, 2.24) is 10.2 Å². The lowest BCUT2D eigenvalue weighted by Crippen LogP contribution is -2.40. The number of hydrogen-bond donors (Lipinski definition) is 3. The molecule has 0 spiro atoms. The van der Waals surface area contributed by atoms with Gasteiger partial charge in [0, 0.05) is 19.0 Å². The van der Waals surface area contributed by atoms with Gasteiger partial charge >= 0.3 is 5.97 Å². The lowest BCUT2D eigenvalue weighted by atomic mass is 10.1. The first-order chi connectivity index (χ1) is 8.49. The lowest BCUT2D eigenvalue weighted by molar-refractivity contribution is -0.146. The molecule has 2 aliphatic rings. The van der Waals surface area contributed by atoms with E-state index >= 15 is 0 Å². The highest BCUT2D eigenvalue weighted by Crippen LogP contribution is 2.32. The summed E-state index contributed by atoms with van der Waals surface area (Å²) in [6.07, 6.45) is 0.562. The molecule has 2 amide bonds. The fourth-order valence-corrected chi connectivity index (χ4v) is 2.08. The average Bonchev–Trinajstić information content (AvgIpc) is 3.09. The van der Waals surface area contributed by atoms with Crippen LogP contribution in [-0.2, 0) is 14.4 Å². The fraction of sp³-hybridized carbons (Fsp3) is 0.727. The van der Waals surface area contributed by atoms with Gasteiger partial charge in [-0.25, -0.2) is 4.79 Å². The molecule has 1 saturated carbocycles. The third-order valence-electron chi connectivity index (χ3n) is 3.27. The number of aliphatic carboxylic acids is 1. The monoisotopic (exact) mass is 256 g/mol. The molecular formula is C11H16N2O5. The molecular weight excluding hydrogens is 240 g/mol.